The van der Waals surface area contributed by atoms with E-state index in [4.69, 9.17) is 6.42 Å². The standard InChI is InChI=1S/C20H28N4O.HI/c1-3-13-22-20(21-4-2)23-15-16-9-8-12-18(14-16)24-19(25)17-10-6-5-7-11-17;/h1,8-9,12,14,17H,4-7,10-11,13,15H2,2H3,(H,24,25)(H2,21,22,23);1H. The first-order chi connectivity index (χ1) is 12.2. The van der Waals surface area contributed by atoms with Crippen LogP contribution in [-0.4, -0.2) is 25.0 Å². The third-order valence-corrected chi connectivity index (χ3v) is 4.29. The molecule has 1 aromatic rings. The van der Waals surface area contributed by atoms with Crippen molar-refractivity contribution >= 4 is 41.5 Å². The minimum absolute atomic E-state index is 0. The second-order valence-corrected chi connectivity index (χ2v) is 6.28. The van der Waals surface area contributed by atoms with Crippen LogP contribution in [0.4, 0.5) is 5.69 Å². The summed E-state index contributed by atoms with van der Waals surface area (Å²) in [5.41, 5.74) is 1.88. The van der Waals surface area contributed by atoms with Crippen LogP contribution in [0.25, 0.3) is 0 Å². The summed E-state index contributed by atoms with van der Waals surface area (Å²) in [7, 11) is 0. The number of guanidine groups is 1. The van der Waals surface area contributed by atoms with E-state index in [0.29, 0.717) is 19.0 Å². The number of rotatable bonds is 6. The molecule has 2 rings (SSSR count). The molecule has 1 fully saturated rings. The number of hydrogen-bond donors (Lipinski definition) is 3. The van der Waals surface area contributed by atoms with Gasteiger partial charge < -0.3 is 16.0 Å². The van der Waals surface area contributed by atoms with Gasteiger partial charge in [-0.3, -0.25) is 4.79 Å². The predicted octanol–water partition coefficient (Wildman–Crippen LogP) is 3.51. The van der Waals surface area contributed by atoms with E-state index in [9.17, 15) is 4.79 Å². The second-order valence-electron chi connectivity index (χ2n) is 6.28. The molecule has 1 aromatic carbocycles. The highest BCUT2D eigenvalue weighted by Gasteiger charge is 2.20. The van der Waals surface area contributed by atoms with Crippen LogP contribution in [0.15, 0.2) is 29.3 Å². The van der Waals surface area contributed by atoms with Gasteiger partial charge in [-0.1, -0.05) is 37.3 Å². The number of carbonyl (C=O) groups excluding carboxylic acids is 1. The van der Waals surface area contributed by atoms with E-state index in [-0.39, 0.29) is 35.8 Å². The maximum absolute atomic E-state index is 12.4. The highest BCUT2D eigenvalue weighted by molar-refractivity contribution is 14.0. The summed E-state index contributed by atoms with van der Waals surface area (Å²) in [6.45, 7) is 3.73. The maximum atomic E-state index is 12.4. The van der Waals surface area contributed by atoms with Crippen molar-refractivity contribution in [3.8, 4) is 12.3 Å². The van der Waals surface area contributed by atoms with Gasteiger partial charge >= 0.3 is 0 Å². The zero-order valence-electron chi connectivity index (χ0n) is 15.4. The number of aliphatic imine (C=N–C) groups is 1. The van der Waals surface area contributed by atoms with Gasteiger partial charge in [-0.25, -0.2) is 4.99 Å². The number of halogens is 1. The molecular formula is C20H29IN4O. The Labute approximate surface area is 173 Å². The summed E-state index contributed by atoms with van der Waals surface area (Å²) >= 11 is 0. The van der Waals surface area contributed by atoms with Gasteiger partial charge in [0, 0.05) is 18.2 Å². The number of hydrogen-bond acceptors (Lipinski definition) is 2. The number of amides is 1. The van der Waals surface area contributed by atoms with Crippen molar-refractivity contribution in [2.45, 2.75) is 45.6 Å². The molecule has 0 bridgehead atoms. The lowest BCUT2D eigenvalue weighted by Crippen LogP contribution is -2.37. The van der Waals surface area contributed by atoms with Crippen LogP contribution in [-0.2, 0) is 11.3 Å². The Kier molecular flexibility index (Phi) is 10.8. The third-order valence-electron chi connectivity index (χ3n) is 4.29. The lowest BCUT2D eigenvalue weighted by atomic mass is 9.88. The third kappa shape index (κ3) is 7.65. The first-order valence-corrected chi connectivity index (χ1v) is 9.08. The Balaban J connectivity index is 0.00000338. The Morgan fingerprint density at radius 1 is 1.27 bits per heavy atom. The highest BCUT2D eigenvalue weighted by Crippen LogP contribution is 2.25. The largest absolute Gasteiger partial charge is 0.357 e. The summed E-state index contributed by atoms with van der Waals surface area (Å²) in [4.78, 5) is 16.9. The molecule has 1 amide bonds. The van der Waals surface area contributed by atoms with Gasteiger partial charge in [-0.2, -0.15) is 0 Å². The normalized spacial score (nSPS) is 14.7. The van der Waals surface area contributed by atoms with Crippen molar-refractivity contribution in [1.29, 1.82) is 0 Å². The van der Waals surface area contributed by atoms with Gasteiger partial charge in [0.05, 0.1) is 13.1 Å². The molecule has 0 unspecified atom stereocenters. The molecule has 26 heavy (non-hydrogen) atoms. The minimum Gasteiger partial charge on any atom is -0.357 e. The van der Waals surface area contributed by atoms with Gasteiger partial charge in [0.1, 0.15) is 0 Å². The molecule has 0 atom stereocenters. The maximum Gasteiger partial charge on any atom is 0.227 e. The Morgan fingerprint density at radius 2 is 2.04 bits per heavy atom. The van der Waals surface area contributed by atoms with Gasteiger partial charge in [0.2, 0.25) is 5.91 Å². The fraction of sp³-hybridized carbons (Fsp3) is 0.500. The summed E-state index contributed by atoms with van der Waals surface area (Å²) < 4.78 is 0. The van der Waals surface area contributed by atoms with Crippen LogP contribution in [0.3, 0.4) is 0 Å². The lowest BCUT2D eigenvalue weighted by Gasteiger charge is -2.20. The van der Waals surface area contributed by atoms with Crippen LogP contribution < -0.4 is 16.0 Å². The molecule has 5 nitrogen and oxygen atoms in total. The van der Waals surface area contributed by atoms with E-state index in [1.54, 1.807) is 0 Å². The topological polar surface area (TPSA) is 65.5 Å². The van der Waals surface area contributed by atoms with Crippen LogP contribution >= 0.6 is 24.0 Å². The molecule has 1 aliphatic carbocycles. The number of anilines is 1. The molecule has 0 radical (unpaired) electrons. The Hall–Kier alpha value is -1.75. The molecule has 0 aliphatic heterocycles. The van der Waals surface area contributed by atoms with Crippen molar-refractivity contribution in [3.05, 3.63) is 29.8 Å². The van der Waals surface area contributed by atoms with Gasteiger partial charge in [-0.15, -0.1) is 30.4 Å². The van der Waals surface area contributed by atoms with Crippen LogP contribution in [0.2, 0.25) is 0 Å². The van der Waals surface area contributed by atoms with Crippen molar-refractivity contribution in [2.24, 2.45) is 10.9 Å². The fourth-order valence-electron chi connectivity index (χ4n) is 3.00. The summed E-state index contributed by atoms with van der Waals surface area (Å²) in [5.74, 6) is 3.53. The van der Waals surface area contributed by atoms with E-state index < -0.39 is 0 Å². The molecule has 0 spiro atoms. The van der Waals surface area contributed by atoms with Crippen molar-refractivity contribution in [1.82, 2.24) is 10.6 Å². The number of nitrogens with one attached hydrogen (secondary N) is 3. The average molecular weight is 468 g/mol. The second kappa shape index (κ2) is 12.6. The van der Waals surface area contributed by atoms with Crippen molar-refractivity contribution in [3.63, 3.8) is 0 Å². The zero-order chi connectivity index (χ0) is 17.9. The summed E-state index contributed by atoms with van der Waals surface area (Å²) in [5, 5.41) is 9.27. The van der Waals surface area contributed by atoms with E-state index in [0.717, 1.165) is 43.5 Å². The van der Waals surface area contributed by atoms with Gasteiger partial charge in [0.25, 0.3) is 0 Å². The Morgan fingerprint density at radius 3 is 2.73 bits per heavy atom. The smallest absolute Gasteiger partial charge is 0.227 e. The molecule has 3 N–H and O–H groups in total. The quantitative estimate of drug-likeness (QED) is 0.259. The van der Waals surface area contributed by atoms with Crippen LogP contribution in [0.5, 0.6) is 0 Å². The van der Waals surface area contributed by atoms with E-state index in [1.165, 1.54) is 6.42 Å². The summed E-state index contributed by atoms with van der Waals surface area (Å²) in [6, 6.07) is 7.86. The number of carbonyl (C=O) groups is 1. The molecule has 1 aliphatic rings. The lowest BCUT2D eigenvalue weighted by molar-refractivity contribution is -0.120. The monoisotopic (exact) mass is 468 g/mol. The van der Waals surface area contributed by atoms with E-state index in [2.05, 4.69) is 26.9 Å². The Bertz CT molecular complexity index is 633. The highest BCUT2D eigenvalue weighted by atomic mass is 127. The number of terminal acetylenes is 1. The number of nitrogens with zero attached hydrogens (tertiary/aromatic N) is 1. The summed E-state index contributed by atoms with van der Waals surface area (Å²) in [6.07, 6.45) is 10.8. The van der Waals surface area contributed by atoms with Crippen LogP contribution in [0.1, 0.15) is 44.6 Å². The molecule has 0 aromatic heterocycles. The molecule has 0 saturated heterocycles. The number of benzene rings is 1. The van der Waals surface area contributed by atoms with Crippen LogP contribution in [0, 0.1) is 18.3 Å². The van der Waals surface area contributed by atoms with E-state index in [1.807, 2.05) is 31.2 Å². The fourth-order valence-corrected chi connectivity index (χ4v) is 3.00. The molecular weight excluding hydrogens is 439 g/mol. The van der Waals surface area contributed by atoms with E-state index >= 15 is 0 Å². The van der Waals surface area contributed by atoms with Gasteiger partial charge in [0.15, 0.2) is 5.96 Å². The first kappa shape index (κ1) is 22.3. The minimum atomic E-state index is 0. The molecule has 142 valence electrons. The molecule has 6 heteroatoms. The SMILES string of the molecule is C#CCNC(=NCc1cccc(NC(=O)C2CCCCC2)c1)NCC.I. The molecule has 0 heterocycles. The van der Waals surface area contributed by atoms with Gasteiger partial charge in [-0.05, 0) is 37.5 Å². The zero-order valence-corrected chi connectivity index (χ0v) is 17.7. The van der Waals surface area contributed by atoms with Crippen molar-refractivity contribution in [2.75, 3.05) is 18.4 Å². The average Bonchev–Trinajstić information content (AvgIpc) is 2.65. The first-order valence-electron chi connectivity index (χ1n) is 9.08. The van der Waals surface area contributed by atoms with Crippen molar-refractivity contribution < 1.29 is 4.79 Å². The molecule has 1 saturated carbocycles. The predicted molar refractivity (Wildman–Crippen MR) is 119 cm³/mol.